The molecule has 132 heavy (non-hydrogen) atoms. The van der Waals surface area contributed by atoms with Gasteiger partial charge >= 0.3 is 0 Å². The van der Waals surface area contributed by atoms with Crippen molar-refractivity contribution in [1.29, 1.82) is 0 Å². The Hall–Kier alpha value is -13.6. The number of aryl methyl sites for hydroxylation is 12. The highest BCUT2D eigenvalue weighted by Crippen LogP contribution is 2.61. The summed E-state index contributed by atoms with van der Waals surface area (Å²) in [5.41, 5.74) is 49.7. The smallest absolute Gasteiger partial charge is 0.216 e. The molecule has 12 aromatic carbocycles. The van der Waals surface area contributed by atoms with Crippen LogP contribution in [0.1, 0.15) is 183 Å². The zero-order valence-corrected chi connectivity index (χ0v) is 80.2. The summed E-state index contributed by atoms with van der Waals surface area (Å²) in [6, 6.07) is 90.0. The van der Waals surface area contributed by atoms with Crippen LogP contribution >= 0.6 is 0 Å². The lowest BCUT2D eigenvalue weighted by Crippen LogP contribution is -2.31. The molecule has 1 saturated carbocycles. The van der Waals surface area contributed by atoms with E-state index in [-0.39, 0.29) is 21.7 Å². The van der Waals surface area contributed by atoms with Crippen LogP contribution in [-0.2, 0) is 49.9 Å². The van der Waals surface area contributed by atoms with Crippen LogP contribution in [-0.4, -0.2) is 0 Å². The number of pyridine rings is 4. The molecular weight excluding hydrogens is 1610 g/mol. The van der Waals surface area contributed by atoms with Gasteiger partial charge in [0, 0.05) is 111 Å². The maximum absolute atomic E-state index is 6.76. The van der Waals surface area contributed by atoms with Crippen LogP contribution in [0.2, 0.25) is 0 Å². The summed E-state index contributed by atoms with van der Waals surface area (Å²) in [6.07, 6.45) is 16.1. The molecule has 5 aliphatic carbocycles. The lowest BCUT2D eigenvalue weighted by Gasteiger charge is -2.35. The summed E-state index contributed by atoms with van der Waals surface area (Å²) < 4.78 is 35.5. The van der Waals surface area contributed by atoms with E-state index in [1.165, 1.54) is 247 Å². The predicted octanol–water partition coefficient (Wildman–Crippen LogP) is 30.6. The molecule has 0 aliphatic heterocycles. The molecule has 654 valence electrons. The molecule has 8 nitrogen and oxygen atoms in total. The zero-order chi connectivity index (χ0) is 91.4. The molecule has 25 rings (SSSR count). The van der Waals surface area contributed by atoms with Gasteiger partial charge in [0.05, 0.1) is 22.3 Å². The van der Waals surface area contributed by atoms with Gasteiger partial charge in [0.1, 0.15) is 72.9 Å². The van der Waals surface area contributed by atoms with Gasteiger partial charge < -0.3 is 17.7 Å². The Bertz CT molecular complexity index is 8180. The molecule has 5 aliphatic rings. The number of hydrogen-bond donors (Lipinski definition) is 0. The first-order valence-corrected chi connectivity index (χ1v) is 47.8. The molecule has 0 unspecified atom stereocenters. The van der Waals surface area contributed by atoms with Gasteiger partial charge in [-0.05, 0) is 277 Å². The average Bonchev–Trinajstić information content (AvgIpc) is 1.54. The summed E-state index contributed by atoms with van der Waals surface area (Å²) in [6.45, 7) is 36.0. The van der Waals surface area contributed by atoms with Gasteiger partial charge in [-0.15, -0.1) is 0 Å². The van der Waals surface area contributed by atoms with Gasteiger partial charge in [0.15, 0.2) is 24.8 Å². The van der Waals surface area contributed by atoms with Crippen LogP contribution in [0.15, 0.2) is 285 Å². The van der Waals surface area contributed by atoms with Gasteiger partial charge in [-0.1, -0.05) is 214 Å². The Kier molecular flexibility index (Phi) is 19.8. The standard InChI is InChI=1S/C35H38NO.C31H28NO.2C29H26NO/c1-21(2)18-35(19-22(3)4)29-11-9-8-10-25(29)27-17-32-28(16-30(27)35)26-14-13-24(6)33(34(26)37-32)31-15-12-23(5)20-36(31)7;1-19-10-13-27(32(3)18-19)29-20(2)11-12-22-24-16-26-23(17-28(24)33-30(22)29)21-8-4-5-9-25(21)31(26)14-6-7-15-31;1-17-10-13-25(30(5)16-17)27-18(2)11-12-20-22-14-24-21(15-26(22)31-28(20)27)19-8-6-7-9-23(19)29(24,3)4;1-17-10-13-25(30(5)16-17)27-18(2)11-12-20-22-14-21-19-8-6-7-9-23(19)29(3,4)24(21)15-26(22)31-28(20)27/h8-17,20-22H,18-19H2,1-7H3;4-5,8-13,16-18H,6-7,14-15H2,1-3H3;2*6-16H,1-5H3/q4*+1. The second-order valence-electron chi connectivity index (χ2n) is 41.3. The molecule has 1 fully saturated rings. The summed E-state index contributed by atoms with van der Waals surface area (Å²) in [5.74, 6) is 1.20. The molecule has 1 spiro atoms. The van der Waals surface area contributed by atoms with Gasteiger partial charge in [-0.3, -0.25) is 0 Å². The molecule has 0 radical (unpaired) electrons. The van der Waals surface area contributed by atoms with Crippen molar-refractivity contribution in [3.8, 4) is 89.5 Å². The maximum atomic E-state index is 6.76. The Balaban J connectivity index is 0.000000103. The Labute approximate surface area is 775 Å². The van der Waals surface area contributed by atoms with Crippen LogP contribution in [0.3, 0.4) is 0 Å². The van der Waals surface area contributed by atoms with Crippen molar-refractivity contribution in [2.45, 2.75) is 171 Å². The van der Waals surface area contributed by atoms with Gasteiger partial charge in [-0.2, -0.15) is 0 Å². The number of hydrogen-bond acceptors (Lipinski definition) is 4. The van der Waals surface area contributed by atoms with E-state index in [4.69, 9.17) is 17.7 Å². The molecule has 0 bridgehead atoms. The quantitative estimate of drug-likeness (QED) is 0.142. The van der Waals surface area contributed by atoms with E-state index < -0.39 is 0 Å². The molecule has 8 heteroatoms. The number of rotatable bonds is 8. The van der Waals surface area contributed by atoms with E-state index in [1.54, 1.807) is 0 Å². The number of furan rings is 4. The minimum Gasteiger partial charge on any atom is -0.455 e. The molecule has 0 amide bonds. The van der Waals surface area contributed by atoms with Crippen LogP contribution in [0.25, 0.3) is 177 Å². The van der Waals surface area contributed by atoms with E-state index in [1.807, 2.05) is 0 Å². The molecule has 8 heterocycles. The number of fused-ring (bicyclic) bond motifs is 26. The van der Waals surface area contributed by atoms with Crippen molar-refractivity contribution in [2.24, 2.45) is 40.0 Å². The first-order valence-electron chi connectivity index (χ1n) is 47.8. The highest BCUT2D eigenvalue weighted by Gasteiger charge is 2.48. The molecule has 8 aromatic heterocycles. The van der Waals surface area contributed by atoms with Crippen LogP contribution in [0.5, 0.6) is 0 Å². The highest BCUT2D eigenvalue weighted by atomic mass is 16.3. The number of benzene rings is 12. The topological polar surface area (TPSA) is 68.1 Å². The summed E-state index contributed by atoms with van der Waals surface area (Å²) in [5, 5.41) is 9.67. The summed E-state index contributed by atoms with van der Waals surface area (Å²) in [7, 11) is 8.47. The van der Waals surface area contributed by atoms with Crippen LogP contribution in [0, 0.1) is 67.2 Å². The Morgan fingerprint density at radius 1 is 0.265 bits per heavy atom. The second kappa shape index (κ2) is 31.1. The summed E-state index contributed by atoms with van der Waals surface area (Å²) >= 11 is 0. The lowest BCUT2D eigenvalue weighted by molar-refractivity contribution is -0.660. The molecule has 0 atom stereocenters. The first kappa shape index (κ1) is 84.0. The third-order valence-electron chi connectivity index (χ3n) is 30.7. The van der Waals surface area contributed by atoms with Crippen molar-refractivity contribution in [1.82, 2.24) is 0 Å². The fraction of sp³-hybridized carbons (Fsp3) is 0.258. The zero-order valence-electron chi connectivity index (χ0n) is 80.2. The highest BCUT2D eigenvalue weighted by molar-refractivity contribution is 6.16. The molecular formula is C124H118N4O4+4. The third-order valence-corrected chi connectivity index (χ3v) is 30.7. The van der Waals surface area contributed by atoms with E-state index in [0.29, 0.717) is 11.8 Å². The van der Waals surface area contributed by atoms with E-state index in [0.717, 1.165) is 57.5 Å². The van der Waals surface area contributed by atoms with E-state index >= 15 is 0 Å². The Morgan fingerprint density at radius 3 is 0.909 bits per heavy atom. The normalized spacial score (nSPS) is 14.7. The van der Waals surface area contributed by atoms with Crippen molar-refractivity contribution >= 4 is 87.8 Å². The molecule has 20 aromatic rings. The van der Waals surface area contributed by atoms with E-state index in [2.05, 4.69) is 425 Å². The van der Waals surface area contributed by atoms with Crippen molar-refractivity contribution in [3.63, 3.8) is 0 Å². The Morgan fingerprint density at radius 2 is 0.545 bits per heavy atom. The SMILES string of the molecule is Cc1ccc(-c2c(C)ccc3c2oc2cc4c(cc23)-c2ccccc2C4(C)C)[n+](C)c1.Cc1ccc(-c2c(C)ccc3c2oc2cc4c(cc23)C(C)(C)c2ccccc2-4)[n+](C)c1.Cc1ccc(-c2c(C)ccc3c2oc2cc4c(cc23)C(CC(C)C)(CC(C)C)c2ccccc2-4)[n+](C)c1.Cc1ccc(-c2c(C)ccc3c2oc2cc4c(cc23)C2(CCCC2)c2ccccc2-4)[n+](C)c1. The largest absolute Gasteiger partial charge is 0.455 e. The van der Waals surface area contributed by atoms with Gasteiger partial charge in [0.2, 0.25) is 22.8 Å². The second-order valence-corrected chi connectivity index (χ2v) is 41.3. The van der Waals surface area contributed by atoms with Crippen LogP contribution < -0.4 is 18.3 Å². The minimum atomic E-state index is -0.0266. The third kappa shape index (κ3) is 13.0. The monoisotopic (exact) mass is 1730 g/mol. The first-order chi connectivity index (χ1) is 63.5. The van der Waals surface area contributed by atoms with Crippen molar-refractivity contribution < 1.29 is 35.9 Å². The number of nitrogens with zero attached hydrogens (tertiary/aromatic N) is 4. The fourth-order valence-corrected chi connectivity index (χ4v) is 24.8. The number of aromatic nitrogens is 4. The lowest BCUT2D eigenvalue weighted by atomic mass is 9.68. The predicted molar refractivity (Wildman–Crippen MR) is 544 cm³/mol. The molecule has 0 N–H and O–H groups in total. The maximum Gasteiger partial charge on any atom is 0.216 e. The minimum absolute atomic E-state index is 0.0133. The summed E-state index contributed by atoms with van der Waals surface area (Å²) in [4.78, 5) is 0. The molecule has 0 saturated heterocycles. The van der Waals surface area contributed by atoms with Crippen molar-refractivity contribution in [2.75, 3.05) is 0 Å². The van der Waals surface area contributed by atoms with E-state index in [9.17, 15) is 0 Å². The fourth-order valence-electron chi connectivity index (χ4n) is 24.8. The average molecular weight is 1730 g/mol. The van der Waals surface area contributed by atoms with Crippen molar-refractivity contribution in [3.05, 3.63) is 356 Å². The van der Waals surface area contributed by atoms with Gasteiger partial charge in [0.25, 0.3) is 0 Å². The van der Waals surface area contributed by atoms with Gasteiger partial charge in [-0.25, -0.2) is 18.3 Å². The van der Waals surface area contributed by atoms with Crippen LogP contribution in [0.4, 0.5) is 0 Å².